The SMILES string of the molecule is CC[C@H](O)c1c[nH]c2cccc([N+](=O)[O-])c12. The summed E-state index contributed by atoms with van der Waals surface area (Å²) in [5.74, 6) is 0. The van der Waals surface area contributed by atoms with E-state index >= 15 is 0 Å². The van der Waals surface area contributed by atoms with E-state index < -0.39 is 11.0 Å². The molecule has 0 saturated carbocycles. The van der Waals surface area contributed by atoms with Crippen molar-refractivity contribution in [2.75, 3.05) is 0 Å². The van der Waals surface area contributed by atoms with Gasteiger partial charge in [-0.3, -0.25) is 10.1 Å². The molecule has 0 aliphatic rings. The standard InChI is InChI=1S/C11H12N2O3/c1-2-10(14)7-6-12-8-4-3-5-9(11(7)8)13(15)16/h3-6,10,12,14H,2H2,1H3/t10-/m0/s1. The smallest absolute Gasteiger partial charge is 0.279 e. The summed E-state index contributed by atoms with van der Waals surface area (Å²) in [6.45, 7) is 1.83. The molecule has 2 aromatic rings. The van der Waals surface area contributed by atoms with Crippen molar-refractivity contribution in [3.8, 4) is 0 Å². The van der Waals surface area contributed by atoms with Gasteiger partial charge in [0, 0.05) is 17.8 Å². The first-order valence-electron chi connectivity index (χ1n) is 5.07. The highest BCUT2D eigenvalue weighted by molar-refractivity contribution is 5.92. The summed E-state index contributed by atoms with van der Waals surface area (Å²) >= 11 is 0. The van der Waals surface area contributed by atoms with Gasteiger partial charge in [0.25, 0.3) is 5.69 Å². The van der Waals surface area contributed by atoms with Crippen LogP contribution >= 0.6 is 0 Å². The minimum absolute atomic E-state index is 0.0289. The van der Waals surface area contributed by atoms with Crippen molar-refractivity contribution >= 4 is 16.6 Å². The number of rotatable bonds is 3. The van der Waals surface area contributed by atoms with E-state index in [0.717, 1.165) is 0 Å². The normalized spacial score (nSPS) is 12.9. The molecular weight excluding hydrogens is 208 g/mol. The lowest BCUT2D eigenvalue weighted by molar-refractivity contribution is -0.383. The van der Waals surface area contributed by atoms with Crippen LogP contribution in [0.3, 0.4) is 0 Å². The summed E-state index contributed by atoms with van der Waals surface area (Å²) < 4.78 is 0. The van der Waals surface area contributed by atoms with Gasteiger partial charge in [-0.15, -0.1) is 0 Å². The molecule has 0 radical (unpaired) electrons. The molecule has 5 nitrogen and oxygen atoms in total. The van der Waals surface area contributed by atoms with Gasteiger partial charge < -0.3 is 10.1 Å². The zero-order valence-electron chi connectivity index (χ0n) is 8.80. The van der Waals surface area contributed by atoms with Crippen molar-refractivity contribution in [1.82, 2.24) is 4.98 Å². The number of nitro groups is 1. The number of hydrogen-bond acceptors (Lipinski definition) is 3. The number of aromatic nitrogens is 1. The van der Waals surface area contributed by atoms with Crippen LogP contribution in [0.25, 0.3) is 10.9 Å². The van der Waals surface area contributed by atoms with Crippen molar-refractivity contribution in [3.63, 3.8) is 0 Å². The minimum atomic E-state index is -0.671. The molecular formula is C11H12N2O3. The molecule has 16 heavy (non-hydrogen) atoms. The molecule has 0 spiro atoms. The number of hydrogen-bond donors (Lipinski definition) is 2. The van der Waals surface area contributed by atoms with Crippen molar-refractivity contribution in [2.45, 2.75) is 19.4 Å². The molecule has 84 valence electrons. The van der Waals surface area contributed by atoms with Crippen molar-refractivity contribution in [3.05, 3.63) is 40.1 Å². The molecule has 1 heterocycles. The Kier molecular flexibility index (Phi) is 2.62. The third-order valence-corrected chi connectivity index (χ3v) is 2.66. The average Bonchev–Trinajstić information content (AvgIpc) is 2.71. The summed E-state index contributed by atoms with van der Waals surface area (Å²) in [6, 6.07) is 4.83. The number of aromatic amines is 1. The molecule has 2 rings (SSSR count). The molecule has 1 aromatic heterocycles. The number of H-pyrrole nitrogens is 1. The lowest BCUT2D eigenvalue weighted by Gasteiger charge is -2.05. The van der Waals surface area contributed by atoms with Gasteiger partial charge in [-0.2, -0.15) is 0 Å². The van der Waals surface area contributed by atoms with E-state index in [4.69, 9.17) is 0 Å². The maximum atomic E-state index is 10.9. The maximum absolute atomic E-state index is 10.9. The quantitative estimate of drug-likeness (QED) is 0.616. The van der Waals surface area contributed by atoms with Crippen LogP contribution in [0.4, 0.5) is 5.69 Å². The second-order valence-electron chi connectivity index (χ2n) is 3.62. The Hall–Kier alpha value is -1.88. The molecule has 1 aromatic carbocycles. The molecule has 0 aliphatic heterocycles. The number of aliphatic hydroxyl groups is 1. The lowest BCUT2D eigenvalue weighted by Crippen LogP contribution is -1.96. The van der Waals surface area contributed by atoms with E-state index in [1.165, 1.54) is 6.07 Å². The molecule has 0 bridgehead atoms. The second kappa shape index (κ2) is 3.94. The first-order chi connectivity index (χ1) is 7.65. The highest BCUT2D eigenvalue weighted by Crippen LogP contribution is 2.32. The van der Waals surface area contributed by atoms with Crippen LogP contribution < -0.4 is 0 Å². The van der Waals surface area contributed by atoms with E-state index in [9.17, 15) is 15.2 Å². The number of non-ortho nitro benzene ring substituents is 1. The van der Waals surface area contributed by atoms with E-state index in [-0.39, 0.29) is 5.69 Å². The number of fused-ring (bicyclic) bond motifs is 1. The molecule has 5 heteroatoms. The highest BCUT2D eigenvalue weighted by Gasteiger charge is 2.19. The first-order valence-corrected chi connectivity index (χ1v) is 5.07. The molecule has 1 atom stereocenters. The van der Waals surface area contributed by atoms with Gasteiger partial charge in [-0.05, 0) is 12.5 Å². The summed E-state index contributed by atoms with van der Waals surface area (Å²) in [7, 11) is 0. The van der Waals surface area contributed by atoms with Gasteiger partial charge in [-0.25, -0.2) is 0 Å². The van der Waals surface area contributed by atoms with Crippen molar-refractivity contribution < 1.29 is 10.0 Å². The summed E-state index contributed by atoms with van der Waals surface area (Å²) in [5, 5.41) is 21.2. The van der Waals surface area contributed by atoms with Crippen LogP contribution in [0.15, 0.2) is 24.4 Å². The van der Waals surface area contributed by atoms with E-state index in [2.05, 4.69) is 4.98 Å². The predicted octanol–water partition coefficient (Wildman–Crippen LogP) is 2.52. The summed E-state index contributed by atoms with van der Waals surface area (Å²) in [4.78, 5) is 13.4. The van der Waals surface area contributed by atoms with Crippen molar-refractivity contribution in [2.24, 2.45) is 0 Å². The van der Waals surface area contributed by atoms with Gasteiger partial charge in [0.05, 0.1) is 21.9 Å². The van der Waals surface area contributed by atoms with Gasteiger partial charge in [0.15, 0.2) is 0 Å². The van der Waals surface area contributed by atoms with Gasteiger partial charge in [0.2, 0.25) is 0 Å². The van der Waals surface area contributed by atoms with Crippen LogP contribution in [0.1, 0.15) is 25.0 Å². The summed E-state index contributed by atoms with van der Waals surface area (Å²) in [6.07, 6.45) is 1.49. The fourth-order valence-corrected chi connectivity index (χ4v) is 1.83. The third-order valence-electron chi connectivity index (χ3n) is 2.66. The Morgan fingerprint density at radius 3 is 2.94 bits per heavy atom. The fourth-order valence-electron chi connectivity index (χ4n) is 1.83. The Morgan fingerprint density at radius 1 is 1.56 bits per heavy atom. The van der Waals surface area contributed by atoms with Crippen molar-refractivity contribution in [1.29, 1.82) is 0 Å². The van der Waals surface area contributed by atoms with Gasteiger partial charge in [-0.1, -0.05) is 13.0 Å². The minimum Gasteiger partial charge on any atom is -0.388 e. The predicted molar refractivity (Wildman–Crippen MR) is 60.2 cm³/mol. The molecule has 0 amide bonds. The topological polar surface area (TPSA) is 79.2 Å². The number of benzene rings is 1. The number of nitrogens with one attached hydrogen (secondary N) is 1. The lowest BCUT2D eigenvalue weighted by atomic mass is 10.1. The molecule has 0 fully saturated rings. The highest BCUT2D eigenvalue weighted by atomic mass is 16.6. The van der Waals surface area contributed by atoms with E-state index in [1.54, 1.807) is 18.3 Å². The summed E-state index contributed by atoms with van der Waals surface area (Å²) in [5.41, 5.74) is 1.29. The largest absolute Gasteiger partial charge is 0.388 e. The number of nitro benzene ring substituents is 1. The molecule has 0 saturated heterocycles. The fraction of sp³-hybridized carbons (Fsp3) is 0.273. The zero-order chi connectivity index (χ0) is 11.7. The Morgan fingerprint density at radius 2 is 2.31 bits per heavy atom. The zero-order valence-corrected chi connectivity index (χ0v) is 8.80. The number of aliphatic hydroxyl groups excluding tert-OH is 1. The Labute approximate surface area is 91.9 Å². The Bertz CT molecular complexity index is 533. The molecule has 2 N–H and O–H groups in total. The van der Waals surface area contributed by atoms with E-state index in [0.29, 0.717) is 22.9 Å². The van der Waals surface area contributed by atoms with Crippen LogP contribution in [-0.4, -0.2) is 15.0 Å². The van der Waals surface area contributed by atoms with Crippen LogP contribution in [-0.2, 0) is 0 Å². The van der Waals surface area contributed by atoms with Crippen LogP contribution in [0.5, 0.6) is 0 Å². The first kappa shape index (κ1) is 10.6. The maximum Gasteiger partial charge on any atom is 0.279 e. The monoisotopic (exact) mass is 220 g/mol. The average molecular weight is 220 g/mol. The molecule has 0 aliphatic carbocycles. The Balaban J connectivity index is 2.72. The third kappa shape index (κ3) is 1.55. The molecule has 0 unspecified atom stereocenters. The second-order valence-corrected chi connectivity index (χ2v) is 3.62. The number of nitrogens with zero attached hydrogens (tertiary/aromatic N) is 1. The van der Waals surface area contributed by atoms with E-state index in [1.807, 2.05) is 6.92 Å². The van der Waals surface area contributed by atoms with Gasteiger partial charge >= 0.3 is 0 Å². The van der Waals surface area contributed by atoms with Crippen LogP contribution in [0, 0.1) is 10.1 Å². The van der Waals surface area contributed by atoms with Gasteiger partial charge in [0.1, 0.15) is 0 Å². The van der Waals surface area contributed by atoms with Crippen LogP contribution in [0.2, 0.25) is 0 Å².